The zero-order valence-electron chi connectivity index (χ0n) is 20.7. The van der Waals surface area contributed by atoms with Crippen molar-refractivity contribution in [3.8, 4) is 28.0 Å². The molecule has 7 aromatic carbocycles. The van der Waals surface area contributed by atoms with Gasteiger partial charge in [-0.1, -0.05) is 103 Å². The maximum Gasteiger partial charge on any atom is 0.573 e. The molecule has 0 radical (unpaired) electrons. The van der Waals surface area contributed by atoms with Crippen LogP contribution in [0.4, 0.5) is 13.2 Å². The molecule has 39 heavy (non-hydrogen) atoms. The molecule has 7 aromatic rings. The first-order valence-electron chi connectivity index (χ1n) is 12.7. The van der Waals surface area contributed by atoms with Gasteiger partial charge >= 0.3 is 6.36 Å². The highest BCUT2D eigenvalue weighted by Gasteiger charge is 2.31. The summed E-state index contributed by atoms with van der Waals surface area (Å²) in [4.78, 5) is 0. The van der Waals surface area contributed by atoms with Crippen molar-refractivity contribution < 1.29 is 17.9 Å². The van der Waals surface area contributed by atoms with Crippen LogP contribution in [0.15, 0.2) is 127 Å². The van der Waals surface area contributed by atoms with Gasteiger partial charge in [-0.25, -0.2) is 0 Å². The number of halogens is 3. The largest absolute Gasteiger partial charge is 0.573 e. The standard InChI is InChI=1S/C35H21F3O/c36-35(37,38)39-25-18-16-22(17-19-25)26-14-7-15-31-32(26)20-24-9-2-4-11-28(24)34(31)33-21-23-8-1-3-10-27(23)29-12-5-6-13-30(29)33/h1-21H. The molecule has 0 N–H and O–H groups in total. The first-order valence-corrected chi connectivity index (χ1v) is 12.7. The number of rotatable bonds is 3. The Labute approximate surface area is 222 Å². The average molecular weight is 515 g/mol. The molecule has 0 aromatic heterocycles. The molecule has 0 saturated carbocycles. The summed E-state index contributed by atoms with van der Waals surface area (Å²) in [5, 5.41) is 9.12. The van der Waals surface area contributed by atoms with Crippen LogP contribution in [0.2, 0.25) is 0 Å². The van der Waals surface area contributed by atoms with Crippen LogP contribution >= 0.6 is 0 Å². The van der Waals surface area contributed by atoms with E-state index in [1.54, 1.807) is 12.1 Å². The molecule has 0 bridgehead atoms. The van der Waals surface area contributed by atoms with Crippen molar-refractivity contribution in [2.24, 2.45) is 0 Å². The van der Waals surface area contributed by atoms with Crippen LogP contribution < -0.4 is 4.74 Å². The van der Waals surface area contributed by atoms with Crippen molar-refractivity contribution in [3.05, 3.63) is 127 Å². The number of hydrogen-bond acceptors (Lipinski definition) is 1. The Morgan fingerprint density at radius 2 is 1.03 bits per heavy atom. The molecule has 0 amide bonds. The molecule has 0 atom stereocenters. The number of hydrogen-bond donors (Lipinski definition) is 0. The monoisotopic (exact) mass is 514 g/mol. The molecule has 0 heterocycles. The van der Waals surface area contributed by atoms with Gasteiger partial charge < -0.3 is 4.74 Å². The molecule has 0 fully saturated rings. The fourth-order valence-electron chi connectivity index (χ4n) is 5.73. The lowest BCUT2D eigenvalue weighted by molar-refractivity contribution is -0.274. The summed E-state index contributed by atoms with van der Waals surface area (Å²) in [5.41, 5.74) is 4.06. The van der Waals surface area contributed by atoms with Gasteiger partial charge in [0.25, 0.3) is 0 Å². The second-order valence-corrected chi connectivity index (χ2v) is 9.64. The van der Waals surface area contributed by atoms with E-state index in [4.69, 9.17) is 0 Å². The molecular formula is C35H21F3O. The predicted octanol–water partition coefficient (Wildman–Crippen LogP) is 10.5. The van der Waals surface area contributed by atoms with Crippen LogP contribution in [0.25, 0.3) is 65.3 Å². The lowest BCUT2D eigenvalue weighted by atomic mass is 9.86. The summed E-state index contributed by atoms with van der Waals surface area (Å²) in [7, 11) is 0. The van der Waals surface area contributed by atoms with E-state index in [9.17, 15) is 13.2 Å². The number of alkyl halides is 3. The van der Waals surface area contributed by atoms with Crippen LogP contribution in [-0.2, 0) is 0 Å². The predicted molar refractivity (Wildman–Crippen MR) is 154 cm³/mol. The molecule has 0 aliphatic carbocycles. The minimum Gasteiger partial charge on any atom is -0.406 e. The SMILES string of the molecule is FC(F)(F)Oc1ccc(-c2cccc3c(-c4cc5ccccc5c5ccccc45)c4ccccc4cc23)cc1. The average Bonchev–Trinajstić information content (AvgIpc) is 2.95. The molecular weight excluding hydrogens is 493 g/mol. The summed E-state index contributed by atoms with van der Waals surface area (Å²) in [5.74, 6) is -0.236. The van der Waals surface area contributed by atoms with Gasteiger partial charge in [0.05, 0.1) is 0 Å². The smallest absolute Gasteiger partial charge is 0.406 e. The van der Waals surface area contributed by atoms with Crippen LogP contribution in [0.3, 0.4) is 0 Å². The van der Waals surface area contributed by atoms with Crippen LogP contribution in [0.1, 0.15) is 0 Å². The number of ether oxygens (including phenoxy) is 1. The maximum absolute atomic E-state index is 12.7. The zero-order valence-corrected chi connectivity index (χ0v) is 20.7. The molecule has 1 nitrogen and oxygen atoms in total. The van der Waals surface area contributed by atoms with Gasteiger partial charge in [-0.2, -0.15) is 0 Å². The van der Waals surface area contributed by atoms with Crippen molar-refractivity contribution >= 4 is 43.1 Å². The zero-order chi connectivity index (χ0) is 26.6. The molecule has 0 unspecified atom stereocenters. The van der Waals surface area contributed by atoms with Crippen LogP contribution in [0, 0.1) is 0 Å². The molecule has 0 aliphatic heterocycles. The van der Waals surface area contributed by atoms with Crippen molar-refractivity contribution in [2.75, 3.05) is 0 Å². The molecule has 7 rings (SSSR count). The van der Waals surface area contributed by atoms with E-state index in [0.29, 0.717) is 0 Å². The summed E-state index contributed by atoms with van der Waals surface area (Å²) in [6.45, 7) is 0. The Morgan fingerprint density at radius 3 is 1.74 bits per heavy atom. The Hall–Kier alpha value is -4.83. The third-order valence-electron chi connectivity index (χ3n) is 7.34. The number of fused-ring (bicyclic) bond motifs is 5. The van der Waals surface area contributed by atoms with Gasteiger partial charge in [-0.05, 0) is 89.6 Å². The van der Waals surface area contributed by atoms with Crippen LogP contribution in [-0.4, -0.2) is 6.36 Å². The van der Waals surface area contributed by atoms with E-state index in [1.807, 2.05) is 18.2 Å². The molecule has 188 valence electrons. The van der Waals surface area contributed by atoms with Gasteiger partial charge in [-0.15, -0.1) is 13.2 Å². The van der Waals surface area contributed by atoms with Gasteiger partial charge in [0.15, 0.2) is 0 Å². The summed E-state index contributed by atoms with van der Waals surface area (Å²) in [6, 6.07) is 42.0. The normalized spacial score (nSPS) is 12.0. The second kappa shape index (κ2) is 8.88. The van der Waals surface area contributed by atoms with E-state index in [0.717, 1.165) is 43.8 Å². The quantitative estimate of drug-likeness (QED) is 0.168. The Balaban J connectivity index is 1.54. The third kappa shape index (κ3) is 4.05. The fraction of sp³-hybridized carbons (Fsp3) is 0.0286. The van der Waals surface area contributed by atoms with Gasteiger partial charge in [0.1, 0.15) is 5.75 Å². The van der Waals surface area contributed by atoms with Crippen molar-refractivity contribution in [2.45, 2.75) is 6.36 Å². The van der Waals surface area contributed by atoms with E-state index < -0.39 is 6.36 Å². The Morgan fingerprint density at radius 1 is 0.436 bits per heavy atom. The van der Waals surface area contributed by atoms with Crippen LogP contribution in [0.5, 0.6) is 5.75 Å². The first-order chi connectivity index (χ1) is 19.0. The Bertz CT molecular complexity index is 2020. The second-order valence-electron chi connectivity index (χ2n) is 9.64. The highest BCUT2D eigenvalue weighted by Crippen LogP contribution is 2.44. The fourth-order valence-corrected chi connectivity index (χ4v) is 5.73. The maximum atomic E-state index is 12.7. The lowest BCUT2D eigenvalue weighted by Crippen LogP contribution is -2.16. The third-order valence-corrected chi connectivity index (χ3v) is 7.34. The van der Waals surface area contributed by atoms with E-state index in [1.165, 1.54) is 33.7 Å². The van der Waals surface area contributed by atoms with E-state index in [-0.39, 0.29) is 5.75 Å². The molecule has 0 aliphatic rings. The minimum absolute atomic E-state index is 0.236. The summed E-state index contributed by atoms with van der Waals surface area (Å²) in [6.07, 6.45) is -4.72. The minimum atomic E-state index is -4.72. The molecule has 4 heteroatoms. The van der Waals surface area contributed by atoms with E-state index >= 15 is 0 Å². The van der Waals surface area contributed by atoms with E-state index in [2.05, 4.69) is 89.7 Å². The molecule has 0 saturated heterocycles. The van der Waals surface area contributed by atoms with Gasteiger partial charge in [-0.3, -0.25) is 0 Å². The summed E-state index contributed by atoms with van der Waals surface area (Å²) < 4.78 is 42.2. The van der Waals surface area contributed by atoms with Crippen molar-refractivity contribution in [1.29, 1.82) is 0 Å². The van der Waals surface area contributed by atoms with Gasteiger partial charge in [0.2, 0.25) is 0 Å². The van der Waals surface area contributed by atoms with Gasteiger partial charge in [0, 0.05) is 0 Å². The number of benzene rings is 7. The highest BCUT2D eigenvalue weighted by atomic mass is 19.4. The highest BCUT2D eigenvalue weighted by molar-refractivity contribution is 6.22. The topological polar surface area (TPSA) is 9.23 Å². The Kier molecular flexibility index (Phi) is 5.31. The summed E-state index contributed by atoms with van der Waals surface area (Å²) >= 11 is 0. The first kappa shape index (κ1) is 23.3. The molecule has 0 spiro atoms. The van der Waals surface area contributed by atoms with Crippen molar-refractivity contribution in [1.82, 2.24) is 0 Å². The van der Waals surface area contributed by atoms with Crippen molar-refractivity contribution in [3.63, 3.8) is 0 Å². The lowest BCUT2D eigenvalue weighted by Gasteiger charge is -2.18.